The number of methoxy groups -OCH3 is 1. The molecule has 0 unspecified atom stereocenters. The summed E-state index contributed by atoms with van der Waals surface area (Å²) in [6.45, 7) is 5.18. The molecule has 100 valence electrons. The molecule has 0 amide bonds. The molecule has 1 saturated heterocycles. The van der Waals surface area contributed by atoms with Gasteiger partial charge in [0.05, 0.1) is 13.2 Å². The highest BCUT2D eigenvalue weighted by Gasteiger charge is 2.16. The van der Waals surface area contributed by atoms with Crippen LogP contribution in [0.25, 0.3) is 0 Å². The fraction of sp³-hybridized carbons (Fsp3) is 0.600. The van der Waals surface area contributed by atoms with E-state index in [1.54, 1.807) is 7.11 Å². The molecule has 3 nitrogen and oxygen atoms in total. The molecule has 1 aromatic rings. The van der Waals surface area contributed by atoms with E-state index < -0.39 is 0 Å². The van der Waals surface area contributed by atoms with Crippen molar-refractivity contribution >= 4 is 0 Å². The molecule has 0 aliphatic carbocycles. The Bertz CT molecular complexity index is 384. The highest BCUT2D eigenvalue weighted by molar-refractivity contribution is 5.37. The molecule has 0 saturated carbocycles. The van der Waals surface area contributed by atoms with E-state index in [2.05, 4.69) is 24.0 Å². The lowest BCUT2D eigenvalue weighted by Gasteiger charge is -2.29. The normalized spacial score (nSPS) is 17.9. The van der Waals surface area contributed by atoms with Crippen LogP contribution in [0.5, 0.6) is 5.75 Å². The average molecular weight is 249 g/mol. The minimum atomic E-state index is -0.0882. The quantitative estimate of drug-likeness (QED) is 0.886. The Hall–Kier alpha value is -1.06. The first kappa shape index (κ1) is 13.4. The van der Waals surface area contributed by atoms with Crippen LogP contribution in [0.3, 0.4) is 0 Å². The van der Waals surface area contributed by atoms with Crippen molar-refractivity contribution < 1.29 is 9.84 Å². The number of nitrogens with zero attached hydrogens (tertiary/aromatic N) is 1. The van der Waals surface area contributed by atoms with E-state index in [1.807, 2.05) is 6.07 Å². The number of hydrogen-bond donors (Lipinski definition) is 1. The minimum absolute atomic E-state index is 0.0882. The first-order valence-electron chi connectivity index (χ1n) is 6.73. The Kier molecular flexibility index (Phi) is 4.61. The van der Waals surface area contributed by atoms with Crippen LogP contribution in [0, 0.1) is 6.92 Å². The van der Waals surface area contributed by atoms with Gasteiger partial charge in [-0.2, -0.15) is 0 Å². The molecule has 0 atom stereocenters. The molecule has 1 fully saturated rings. The van der Waals surface area contributed by atoms with Gasteiger partial charge in [-0.25, -0.2) is 0 Å². The summed E-state index contributed by atoms with van der Waals surface area (Å²) in [4.78, 5) is 2.43. The average Bonchev–Trinajstić information content (AvgIpc) is 2.38. The second-order valence-electron chi connectivity index (χ2n) is 5.14. The molecule has 0 spiro atoms. The monoisotopic (exact) mass is 249 g/mol. The predicted molar refractivity (Wildman–Crippen MR) is 73.1 cm³/mol. The summed E-state index contributed by atoms with van der Waals surface area (Å²) >= 11 is 0. The molecule has 1 aromatic carbocycles. The highest BCUT2D eigenvalue weighted by atomic mass is 16.5. The van der Waals surface area contributed by atoms with Gasteiger partial charge in [0.1, 0.15) is 5.75 Å². The van der Waals surface area contributed by atoms with Crippen LogP contribution in [0.15, 0.2) is 18.2 Å². The minimum Gasteiger partial charge on any atom is -0.496 e. The molecule has 0 bridgehead atoms. The maximum atomic E-state index is 9.48. The van der Waals surface area contributed by atoms with Crippen LogP contribution in [-0.4, -0.2) is 42.9 Å². The van der Waals surface area contributed by atoms with Crippen molar-refractivity contribution in [2.75, 3.05) is 26.7 Å². The van der Waals surface area contributed by atoms with Crippen LogP contribution in [0.2, 0.25) is 0 Å². The standard InChI is InChI=1S/C15H23NO2/c1-12-3-4-15(18-2)13(11-12)5-8-16-9-6-14(17)7-10-16/h3-4,11,14,17H,5-10H2,1-2H3. The van der Waals surface area contributed by atoms with E-state index in [9.17, 15) is 5.11 Å². The van der Waals surface area contributed by atoms with Gasteiger partial charge in [0, 0.05) is 19.6 Å². The van der Waals surface area contributed by atoms with Gasteiger partial charge < -0.3 is 14.7 Å². The number of rotatable bonds is 4. The fourth-order valence-corrected chi connectivity index (χ4v) is 2.52. The molecule has 1 N–H and O–H groups in total. The van der Waals surface area contributed by atoms with E-state index in [1.165, 1.54) is 11.1 Å². The number of benzene rings is 1. The lowest BCUT2D eigenvalue weighted by atomic mass is 10.0. The molecule has 1 heterocycles. The maximum Gasteiger partial charge on any atom is 0.122 e. The number of hydrogen-bond acceptors (Lipinski definition) is 3. The van der Waals surface area contributed by atoms with E-state index in [4.69, 9.17) is 4.74 Å². The van der Waals surface area contributed by atoms with Gasteiger partial charge in [0.2, 0.25) is 0 Å². The molecule has 1 aliphatic rings. The molecule has 2 rings (SSSR count). The number of piperidine rings is 1. The van der Waals surface area contributed by atoms with Crippen LogP contribution >= 0.6 is 0 Å². The topological polar surface area (TPSA) is 32.7 Å². The Balaban J connectivity index is 1.91. The van der Waals surface area contributed by atoms with Crippen LogP contribution < -0.4 is 4.74 Å². The van der Waals surface area contributed by atoms with Crippen LogP contribution in [-0.2, 0) is 6.42 Å². The zero-order chi connectivity index (χ0) is 13.0. The molecule has 0 aromatic heterocycles. The van der Waals surface area contributed by atoms with Crippen LogP contribution in [0.1, 0.15) is 24.0 Å². The molecule has 0 radical (unpaired) electrons. The summed E-state index contributed by atoms with van der Waals surface area (Å²) in [6, 6.07) is 6.34. The largest absolute Gasteiger partial charge is 0.496 e. The summed E-state index contributed by atoms with van der Waals surface area (Å²) < 4.78 is 5.40. The van der Waals surface area contributed by atoms with Gasteiger partial charge >= 0.3 is 0 Å². The van der Waals surface area contributed by atoms with E-state index in [0.717, 1.165) is 44.6 Å². The zero-order valence-electron chi connectivity index (χ0n) is 11.4. The van der Waals surface area contributed by atoms with Gasteiger partial charge in [-0.15, -0.1) is 0 Å². The van der Waals surface area contributed by atoms with Crippen molar-refractivity contribution in [3.05, 3.63) is 29.3 Å². The lowest BCUT2D eigenvalue weighted by molar-refractivity contribution is 0.0831. The van der Waals surface area contributed by atoms with Crippen LogP contribution in [0.4, 0.5) is 0 Å². The first-order chi connectivity index (χ1) is 8.69. The van der Waals surface area contributed by atoms with Gasteiger partial charge in [-0.3, -0.25) is 0 Å². The van der Waals surface area contributed by atoms with Gasteiger partial charge in [0.25, 0.3) is 0 Å². The van der Waals surface area contributed by atoms with Crippen molar-refractivity contribution in [3.8, 4) is 5.75 Å². The maximum absolute atomic E-state index is 9.48. The predicted octanol–water partition coefficient (Wildman–Crippen LogP) is 2.00. The number of ether oxygens (including phenoxy) is 1. The Morgan fingerprint density at radius 3 is 2.72 bits per heavy atom. The van der Waals surface area contributed by atoms with Crippen molar-refractivity contribution in [3.63, 3.8) is 0 Å². The summed E-state index contributed by atoms with van der Waals surface area (Å²) in [6.07, 6.45) is 2.74. The van der Waals surface area contributed by atoms with Gasteiger partial charge in [0.15, 0.2) is 0 Å². The summed E-state index contributed by atoms with van der Waals surface area (Å²) in [5.41, 5.74) is 2.56. The smallest absolute Gasteiger partial charge is 0.122 e. The first-order valence-corrected chi connectivity index (χ1v) is 6.73. The highest BCUT2D eigenvalue weighted by Crippen LogP contribution is 2.21. The van der Waals surface area contributed by atoms with Gasteiger partial charge in [-0.1, -0.05) is 17.7 Å². The molecular formula is C15H23NO2. The zero-order valence-corrected chi connectivity index (χ0v) is 11.4. The third kappa shape index (κ3) is 3.47. The van der Waals surface area contributed by atoms with Crippen molar-refractivity contribution in [1.29, 1.82) is 0 Å². The number of aliphatic hydroxyl groups is 1. The second-order valence-corrected chi connectivity index (χ2v) is 5.14. The second kappa shape index (κ2) is 6.21. The fourth-order valence-electron chi connectivity index (χ4n) is 2.52. The molecule has 3 heteroatoms. The number of aliphatic hydroxyl groups excluding tert-OH is 1. The molecule has 18 heavy (non-hydrogen) atoms. The van der Waals surface area contributed by atoms with E-state index in [-0.39, 0.29) is 6.10 Å². The van der Waals surface area contributed by atoms with Gasteiger partial charge in [-0.05, 0) is 37.8 Å². The number of likely N-dealkylation sites (tertiary alicyclic amines) is 1. The Morgan fingerprint density at radius 2 is 2.06 bits per heavy atom. The third-order valence-electron chi connectivity index (χ3n) is 3.69. The summed E-state index contributed by atoms with van der Waals surface area (Å²) in [5, 5.41) is 9.48. The van der Waals surface area contributed by atoms with Crippen molar-refractivity contribution in [2.45, 2.75) is 32.3 Å². The van der Waals surface area contributed by atoms with E-state index >= 15 is 0 Å². The van der Waals surface area contributed by atoms with Crippen molar-refractivity contribution in [1.82, 2.24) is 4.90 Å². The molecule has 1 aliphatic heterocycles. The van der Waals surface area contributed by atoms with E-state index in [0.29, 0.717) is 0 Å². The summed E-state index contributed by atoms with van der Waals surface area (Å²) in [5.74, 6) is 0.984. The summed E-state index contributed by atoms with van der Waals surface area (Å²) in [7, 11) is 1.73. The lowest BCUT2D eigenvalue weighted by Crippen LogP contribution is -2.37. The Labute approximate surface area is 109 Å². The third-order valence-corrected chi connectivity index (χ3v) is 3.69. The SMILES string of the molecule is COc1ccc(C)cc1CCN1CCC(O)CC1. The molecular weight excluding hydrogens is 226 g/mol. The Morgan fingerprint density at radius 1 is 1.33 bits per heavy atom. The van der Waals surface area contributed by atoms with Crippen molar-refractivity contribution in [2.24, 2.45) is 0 Å². The number of aryl methyl sites for hydroxylation is 1.